The summed E-state index contributed by atoms with van der Waals surface area (Å²) in [5.41, 5.74) is 2.34. The summed E-state index contributed by atoms with van der Waals surface area (Å²) in [4.78, 5) is 15.7. The molecule has 0 unspecified atom stereocenters. The second kappa shape index (κ2) is 7.32. The summed E-state index contributed by atoms with van der Waals surface area (Å²) in [5, 5.41) is 13.8. The zero-order valence-corrected chi connectivity index (χ0v) is 16.8. The van der Waals surface area contributed by atoms with Gasteiger partial charge in [-0.3, -0.25) is 4.79 Å². The molecule has 0 atom stereocenters. The number of aryl methyl sites for hydroxylation is 2. The van der Waals surface area contributed by atoms with Gasteiger partial charge in [0.25, 0.3) is 0 Å². The van der Waals surface area contributed by atoms with Crippen LogP contribution in [0.1, 0.15) is 23.4 Å². The highest BCUT2D eigenvalue weighted by molar-refractivity contribution is 7.99. The van der Waals surface area contributed by atoms with Gasteiger partial charge in [0.2, 0.25) is 9.84 Å². The van der Waals surface area contributed by atoms with E-state index in [1.165, 1.54) is 16.3 Å². The van der Waals surface area contributed by atoms with Crippen molar-refractivity contribution in [3.8, 4) is 0 Å². The van der Waals surface area contributed by atoms with E-state index >= 15 is 0 Å². The number of thioether (sulfide) groups is 1. The van der Waals surface area contributed by atoms with Crippen molar-refractivity contribution in [1.82, 2.24) is 14.6 Å². The van der Waals surface area contributed by atoms with Crippen LogP contribution in [0, 0.1) is 13.8 Å². The number of nitrogens with zero attached hydrogens (tertiary/aromatic N) is 3. The Kier molecular flexibility index (Phi) is 5.25. The molecule has 27 heavy (non-hydrogen) atoms. The molecule has 2 heterocycles. The fourth-order valence-electron chi connectivity index (χ4n) is 3.00. The van der Waals surface area contributed by atoms with Crippen LogP contribution >= 0.6 is 11.8 Å². The molecule has 0 saturated heterocycles. The summed E-state index contributed by atoms with van der Waals surface area (Å²) in [5.74, 6) is -0.897. The average molecular weight is 406 g/mol. The third-order valence-electron chi connectivity index (χ3n) is 4.36. The van der Waals surface area contributed by atoms with Gasteiger partial charge in [-0.2, -0.15) is 5.10 Å². The third kappa shape index (κ3) is 3.44. The van der Waals surface area contributed by atoms with E-state index in [0.29, 0.717) is 22.8 Å². The largest absolute Gasteiger partial charge is 0.481 e. The highest BCUT2D eigenvalue weighted by atomic mass is 32.2. The summed E-state index contributed by atoms with van der Waals surface area (Å²) in [7, 11) is -3.80. The minimum atomic E-state index is -3.80. The van der Waals surface area contributed by atoms with Gasteiger partial charge in [-0.1, -0.05) is 18.2 Å². The Morgan fingerprint density at radius 3 is 2.48 bits per heavy atom. The van der Waals surface area contributed by atoms with Crippen molar-refractivity contribution in [3.05, 3.63) is 47.3 Å². The van der Waals surface area contributed by atoms with Crippen LogP contribution in [0.25, 0.3) is 5.65 Å². The summed E-state index contributed by atoms with van der Waals surface area (Å²) >= 11 is 1.24. The smallest absolute Gasteiger partial charge is 0.303 e. The van der Waals surface area contributed by atoms with Crippen molar-refractivity contribution in [3.63, 3.8) is 0 Å². The van der Waals surface area contributed by atoms with E-state index in [1.54, 1.807) is 50.4 Å². The number of carbonyl (C=O) groups is 1. The molecule has 142 valence electrons. The standard InChI is InChI=1S/C18H19N3O4S2/c1-11-14(9-10-15(22)23)12(2)21-17(19-11)16(18(20-21)26-3)27(24,25)13-7-5-4-6-8-13/h4-8H,9-10H2,1-3H3,(H,22,23). The lowest BCUT2D eigenvalue weighted by Crippen LogP contribution is -2.09. The monoisotopic (exact) mass is 405 g/mol. The fourth-order valence-corrected chi connectivity index (χ4v) is 5.42. The maximum absolute atomic E-state index is 13.2. The van der Waals surface area contributed by atoms with E-state index in [0.717, 1.165) is 5.56 Å². The highest BCUT2D eigenvalue weighted by Gasteiger charge is 2.29. The number of aromatic nitrogens is 3. The van der Waals surface area contributed by atoms with Crippen LogP contribution in [-0.4, -0.2) is 40.3 Å². The second-order valence-electron chi connectivity index (χ2n) is 6.05. The normalized spacial score (nSPS) is 11.8. The molecule has 0 fully saturated rings. The van der Waals surface area contributed by atoms with Gasteiger partial charge in [-0.25, -0.2) is 17.9 Å². The predicted molar refractivity (Wildman–Crippen MR) is 102 cm³/mol. The van der Waals surface area contributed by atoms with E-state index < -0.39 is 15.8 Å². The lowest BCUT2D eigenvalue weighted by molar-refractivity contribution is -0.136. The molecule has 3 aromatic rings. The van der Waals surface area contributed by atoms with E-state index in [-0.39, 0.29) is 21.9 Å². The average Bonchev–Trinajstić information content (AvgIpc) is 3.01. The first-order valence-corrected chi connectivity index (χ1v) is 10.9. The van der Waals surface area contributed by atoms with Gasteiger partial charge >= 0.3 is 5.97 Å². The van der Waals surface area contributed by atoms with Gasteiger partial charge in [0, 0.05) is 17.8 Å². The van der Waals surface area contributed by atoms with Crippen molar-refractivity contribution in [2.75, 3.05) is 6.26 Å². The van der Waals surface area contributed by atoms with E-state index in [4.69, 9.17) is 5.11 Å². The minimum Gasteiger partial charge on any atom is -0.481 e. The van der Waals surface area contributed by atoms with E-state index in [2.05, 4.69) is 10.1 Å². The first-order valence-electron chi connectivity index (χ1n) is 8.22. The Hall–Kier alpha value is -2.39. The minimum absolute atomic E-state index is 0.0271. The number of benzene rings is 1. The number of rotatable bonds is 6. The maximum atomic E-state index is 13.2. The van der Waals surface area contributed by atoms with Crippen LogP contribution in [0.5, 0.6) is 0 Å². The molecule has 2 aromatic heterocycles. The fraction of sp³-hybridized carbons (Fsp3) is 0.278. The van der Waals surface area contributed by atoms with Crippen molar-refractivity contribution >= 4 is 33.2 Å². The van der Waals surface area contributed by atoms with Crippen LogP contribution in [0.3, 0.4) is 0 Å². The summed E-state index contributed by atoms with van der Waals surface area (Å²) in [6.45, 7) is 3.56. The first-order chi connectivity index (χ1) is 12.8. The van der Waals surface area contributed by atoms with Crippen molar-refractivity contribution in [2.24, 2.45) is 0 Å². The third-order valence-corrected chi connectivity index (χ3v) is 6.97. The first kappa shape index (κ1) is 19.4. The molecule has 1 aromatic carbocycles. The number of aliphatic carboxylic acids is 1. The number of hydrogen-bond acceptors (Lipinski definition) is 6. The highest BCUT2D eigenvalue weighted by Crippen LogP contribution is 2.33. The number of hydrogen-bond donors (Lipinski definition) is 1. The summed E-state index contributed by atoms with van der Waals surface area (Å²) < 4.78 is 28.0. The molecule has 0 aliphatic heterocycles. The summed E-state index contributed by atoms with van der Waals surface area (Å²) in [6.07, 6.45) is 2.05. The zero-order chi connectivity index (χ0) is 19.8. The Morgan fingerprint density at radius 2 is 1.89 bits per heavy atom. The lowest BCUT2D eigenvalue weighted by Gasteiger charge is -2.10. The molecule has 0 bridgehead atoms. The zero-order valence-electron chi connectivity index (χ0n) is 15.1. The van der Waals surface area contributed by atoms with Crippen molar-refractivity contribution in [2.45, 2.75) is 41.5 Å². The SMILES string of the molecule is CSc1nn2c(C)c(CCC(=O)O)c(C)nc2c1S(=O)(=O)c1ccccc1. The van der Waals surface area contributed by atoms with Gasteiger partial charge in [-0.15, -0.1) is 11.8 Å². The van der Waals surface area contributed by atoms with Crippen molar-refractivity contribution in [1.29, 1.82) is 0 Å². The molecular weight excluding hydrogens is 386 g/mol. The van der Waals surface area contributed by atoms with E-state index in [1.807, 2.05) is 0 Å². The van der Waals surface area contributed by atoms with Gasteiger partial charge in [0.05, 0.1) is 4.90 Å². The molecule has 0 aliphatic rings. The molecule has 0 aliphatic carbocycles. The van der Waals surface area contributed by atoms with E-state index in [9.17, 15) is 13.2 Å². The number of sulfone groups is 1. The quantitative estimate of drug-likeness (QED) is 0.629. The molecule has 0 spiro atoms. The lowest BCUT2D eigenvalue weighted by atomic mass is 10.1. The Labute approximate surface area is 161 Å². The molecule has 7 nitrogen and oxygen atoms in total. The number of fused-ring (bicyclic) bond motifs is 1. The molecule has 1 N–H and O–H groups in total. The summed E-state index contributed by atoms with van der Waals surface area (Å²) in [6, 6.07) is 8.19. The Balaban J connectivity index is 2.27. The van der Waals surface area contributed by atoms with Crippen LogP contribution < -0.4 is 0 Å². The number of carboxylic acids is 1. The molecule has 0 saturated carbocycles. The van der Waals surface area contributed by atoms with Gasteiger partial charge in [0.15, 0.2) is 10.5 Å². The van der Waals surface area contributed by atoms with Crippen LogP contribution in [0.4, 0.5) is 0 Å². The van der Waals surface area contributed by atoms with Crippen LogP contribution in [0.2, 0.25) is 0 Å². The van der Waals surface area contributed by atoms with Gasteiger partial charge < -0.3 is 5.11 Å². The Bertz CT molecular complexity index is 1120. The van der Waals surface area contributed by atoms with Crippen LogP contribution in [-0.2, 0) is 21.1 Å². The molecular formula is C18H19N3O4S2. The molecule has 0 amide bonds. The maximum Gasteiger partial charge on any atom is 0.303 e. The second-order valence-corrected chi connectivity index (χ2v) is 8.73. The molecule has 9 heteroatoms. The van der Waals surface area contributed by atoms with Crippen LogP contribution in [0.15, 0.2) is 45.1 Å². The molecule has 3 rings (SSSR count). The molecule has 0 radical (unpaired) electrons. The number of carboxylic acid groups (broad SMARTS) is 1. The van der Waals surface area contributed by atoms with Gasteiger partial charge in [0.1, 0.15) is 5.03 Å². The predicted octanol–water partition coefficient (Wildman–Crippen LogP) is 2.92. The van der Waals surface area contributed by atoms with Crippen molar-refractivity contribution < 1.29 is 18.3 Å². The Morgan fingerprint density at radius 1 is 1.22 bits per heavy atom. The topological polar surface area (TPSA) is 102 Å². The van der Waals surface area contributed by atoms with Gasteiger partial charge in [-0.05, 0) is 44.2 Å².